The SMILES string of the molecule is CCCCCc1ccc(-c2nc3ccccc3[nH]2)cc1. The van der Waals surface area contributed by atoms with E-state index in [-0.39, 0.29) is 0 Å². The Hall–Kier alpha value is -2.09. The number of nitrogens with one attached hydrogen (secondary N) is 1. The molecule has 2 nitrogen and oxygen atoms in total. The molecule has 0 bridgehead atoms. The molecule has 0 aliphatic carbocycles. The molecule has 1 aromatic heterocycles. The number of nitrogens with zero attached hydrogens (tertiary/aromatic N) is 1. The molecule has 3 rings (SSSR count). The van der Waals surface area contributed by atoms with E-state index < -0.39 is 0 Å². The van der Waals surface area contributed by atoms with Gasteiger partial charge in [-0.05, 0) is 30.5 Å². The number of aryl methyl sites for hydroxylation is 1. The van der Waals surface area contributed by atoms with E-state index in [4.69, 9.17) is 0 Å². The fourth-order valence-electron chi connectivity index (χ4n) is 2.50. The van der Waals surface area contributed by atoms with Crippen molar-refractivity contribution in [1.82, 2.24) is 9.97 Å². The number of aromatic amines is 1. The molecule has 0 radical (unpaired) electrons. The van der Waals surface area contributed by atoms with Crippen molar-refractivity contribution >= 4 is 11.0 Å². The molecule has 0 aliphatic rings. The molecule has 0 saturated carbocycles. The van der Waals surface area contributed by atoms with Crippen LogP contribution in [0.4, 0.5) is 0 Å². The number of para-hydroxylation sites is 2. The number of fused-ring (bicyclic) bond motifs is 1. The second-order valence-electron chi connectivity index (χ2n) is 5.26. The number of unbranched alkanes of at least 4 members (excludes halogenated alkanes) is 2. The van der Waals surface area contributed by atoms with Crippen molar-refractivity contribution < 1.29 is 0 Å². The lowest BCUT2D eigenvalue weighted by molar-refractivity contribution is 0.717. The highest BCUT2D eigenvalue weighted by Gasteiger charge is 2.04. The monoisotopic (exact) mass is 264 g/mol. The van der Waals surface area contributed by atoms with Crippen molar-refractivity contribution in [2.24, 2.45) is 0 Å². The lowest BCUT2D eigenvalue weighted by Crippen LogP contribution is -1.86. The van der Waals surface area contributed by atoms with Gasteiger partial charge in [0, 0.05) is 5.56 Å². The highest BCUT2D eigenvalue weighted by molar-refractivity contribution is 5.79. The van der Waals surface area contributed by atoms with Crippen LogP contribution in [0.5, 0.6) is 0 Å². The van der Waals surface area contributed by atoms with Gasteiger partial charge in [0.25, 0.3) is 0 Å². The maximum atomic E-state index is 4.63. The van der Waals surface area contributed by atoms with E-state index in [1.54, 1.807) is 0 Å². The molecule has 0 amide bonds. The van der Waals surface area contributed by atoms with Crippen LogP contribution in [0, 0.1) is 0 Å². The molecule has 1 heterocycles. The quantitative estimate of drug-likeness (QED) is 0.648. The summed E-state index contributed by atoms with van der Waals surface area (Å²) >= 11 is 0. The molecular weight excluding hydrogens is 244 g/mol. The van der Waals surface area contributed by atoms with Gasteiger partial charge in [-0.3, -0.25) is 0 Å². The Morgan fingerprint density at radius 2 is 1.75 bits per heavy atom. The Labute approximate surface area is 119 Å². The number of rotatable bonds is 5. The summed E-state index contributed by atoms with van der Waals surface area (Å²) in [5.41, 5.74) is 4.68. The van der Waals surface area contributed by atoms with E-state index in [1.165, 1.54) is 31.2 Å². The van der Waals surface area contributed by atoms with Crippen LogP contribution in [0.15, 0.2) is 48.5 Å². The van der Waals surface area contributed by atoms with Crippen molar-refractivity contribution in [3.05, 3.63) is 54.1 Å². The van der Waals surface area contributed by atoms with Crippen LogP contribution in [0.1, 0.15) is 31.7 Å². The van der Waals surface area contributed by atoms with E-state index in [1.807, 2.05) is 18.2 Å². The van der Waals surface area contributed by atoms with Gasteiger partial charge in [-0.1, -0.05) is 56.2 Å². The molecule has 0 saturated heterocycles. The summed E-state index contributed by atoms with van der Waals surface area (Å²) in [6.07, 6.45) is 5.04. The first-order valence-electron chi connectivity index (χ1n) is 7.41. The van der Waals surface area contributed by atoms with Gasteiger partial charge in [0.15, 0.2) is 0 Å². The van der Waals surface area contributed by atoms with Gasteiger partial charge >= 0.3 is 0 Å². The molecule has 0 unspecified atom stereocenters. The van der Waals surface area contributed by atoms with Crippen molar-refractivity contribution in [2.45, 2.75) is 32.6 Å². The average molecular weight is 264 g/mol. The van der Waals surface area contributed by atoms with Crippen molar-refractivity contribution in [2.75, 3.05) is 0 Å². The Morgan fingerprint density at radius 1 is 0.950 bits per heavy atom. The van der Waals surface area contributed by atoms with Crippen LogP contribution >= 0.6 is 0 Å². The molecule has 20 heavy (non-hydrogen) atoms. The number of hydrogen-bond acceptors (Lipinski definition) is 1. The standard InChI is InChI=1S/C18H20N2/c1-2-3-4-7-14-10-12-15(13-11-14)18-19-16-8-5-6-9-17(16)20-18/h5-6,8-13H,2-4,7H2,1H3,(H,19,20). The van der Waals surface area contributed by atoms with Crippen molar-refractivity contribution in [1.29, 1.82) is 0 Å². The Balaban J connectivity index is 1.79. The summed E-state index contributed by atoms with van der Waals surface area (Å²) in [7, 11) is 0. The molecule has 0 aliphatic heterocycles. The normalized spacial score (nSPS) is 11.1. The number of aromatic nitrogens is 2. The predicted octanol–water partition coefficient (Wildman–Crippen LogP) is 4.96. The number of hydrogen-bond donors (Lipinski definition) is 1. The third kappa shape index (κ3) is 2.74. The maximum absolute atomic E-state index is 4.63. The number of imidazole rings is 1. The van der Waals surface area contributed by atoms with Gasteiger partial charge in [0.05, 0.1) is 11.0 Å². The van der Waals surface area contributed by atoms with Crippen LogP contribution < -0.4 is 0 Å². The summed E-state index contributed by atoms with van der Waals surface area (Å²) in [4.78, 5) is 8.01. The van der Waals surface area contributed by atoms with E-state index in [0.29, 0.717) is 0 Å². The largest absolute Gasteiger partial charge is 0.338 e. The second-order valence-corrected chi connectivity index (χ2v) is 5.26. The highest BCUT2D eigenvalue weighted by Crippen LogP contribution is 2.21. The van der Waals surface area contributed by atoms with Gasteiger partial charge < -0.3 is 4.98 Å². The zero-order valence-corrected chi connectivity index (χ0v) is 11.9. The first-order valence-corrected chi connectivity index (χ1v) is 7.41. The summed E-state index contributed by atoms with van der Waals surface area (Å²) < 4.78 is 0. The minimum Gasteiger partial charge on any atom is -0.338 e. The first-order chi connectivity index (χ1) is 9.86. The summed E-state index contributed by atoms with van der Waals surface area (Å²) in [5.74, 6) is 0.950. The zero-order valence-electron chi connectivity index (χ0n) is 11.9. The maximum Gasteiger partial charge on any atom is 0.138 e. The summed E-state index contributed by atoms with van der Waals surface area (Å²) in [6.45, 7) is 2.24. The van der Waals surface area contributed by atoms with Crippen LogP contribution in [-0.4, -0.2) is 9.97 Å². The highest BCUT2D eigenvalue weighted by atomic mass is 14.9. The minimum atomic E-state index is 0.950. The fourth-order valence-corrected chi connectivity index (χ4v) is 2.50. The van der Waals surface area contributed by atoms with Crippen molar-refractivity contribution in [3.63, 3.8) is 0 Å². The molecule has 3 aromatic rings. The molecule has 2 aromatic carbocycles. The number of benzene rings is 2. The van der Waals surface area contributed by atoms with Gasteiger partial charge in [-0.25, -0.2) is 4.98 Å². The van der Waals surface area contributed by atoms with Gasteiger partial charge in [-0.15, -0.1) is 0 Å². The lowest BCUT2D eigenvalue weighted by Gasteiger charge is -2.02. The molecule has 0 atom stereocenters. The lowest BCUT2D eigenvalue weighted by atomic mass is 10.1. The molecule has 1 N–H and O–H groups in total. The van der Waals surface area contributed by atoms with Crippen LogP contribution in [0.2, 0.25) is 0 Å². The van der Waals surface area contributed by atoms with E-state index >= 15 is 0 Å². The minimum absolute atomic E-state index is 0.950. The smallest absolute Gasteiger partial charge is 0.138 e. The van der Waals surface area contributed by atoms with Crippen molar-refractivity contribution in [3.8, 4) is 11.4 Å². The topological polar surface area (TPSA) is 28.7 Å². The predicted molar refractivity (Wildman–Crippen MR) is 84.8 cm³/mol. The number of H-pyrrole nitrogens is 1. The Kier molecular flexibility index (Phi) is 3.82. The molecule has 2 heteroatoms. The van der Waals surface area contributed by atoms with E-state index in [9.17, 15) is 0 Å². The van der Waals surface area contributed by atoms with Crippen LogP contribution in [-0.2, 0) is 6.42 Å². The van der Waals surface area contributed by atoms with Gasteiger partial charge in [-0.2, -0.15) is 0 Å². The summed E-state index contributed by atoms with van der Waals surface area (Å²) in [5, 5.41) is 0. The fraction of sp³-hybridized carbons (Fsp3) is 0.278. The molecule has 102 valence electrons. The van der Waals surface area contributed by atoms with E-state index in [2.05, 4.69) is 47.2 Å². The Bertz CT molecular complexity index is 647. The van der Waals surface area contributed by atoms with Gasteiger partial charge in [0.2, 0.25) is 0 Å². The zero-order chi connectivity index (χ0) is 13.8. The van der Waals surface area contributed by atoms with E-state index in [0.717, 1.165) is 22.4 Å². The first kappa shape index (κ1) is 12.9. The molecular formula is C18H20N2. The van der Waals surface area contributed by atoms with Gasteiger partial charge in [0.1, 0.15) is 5.82 Å². The Morgan fingerprint density at radius 3 is 2.50 bits per heavy atom. The third-order valence-corrected chi connectivity index (χ3v) is 3.69. The second kappa shape index (κ2) is 5.91. The molecule has 0 fully saturated rings. The van der Waals surface area contributed by atoms with Crippen LogP contribution in [0.3, 0.4) is 0 Å². The average Bonchev–Trinajstić information content (AvgIpc) is 2.92. The molecule has 0 spiro atoms. The summed E-state index contributed by atoms with van der Waals surface area (Å²) in [6, 6.07) is 16.9. The van der Waals surface area contributed by atoms with Crippen LogP contribution in [0.25, 0.3) is 22.4 Å². The third-order valence-electron chi connectivity index (χ3n) is 3.69.